The monoisotopic (exact) mass is 142 g/mol. The maximum Gasteiger partial charge on any atom is 0.161 e. The van der Waals surface area contributed by atoms with Crippen LogP contribution >= 0.6 is 0 Å². The van der Waals surface area contributed by atoms with Gasteiger partial charge >= 0.3 is 0 Å². The maximum atomic E-state index is 12.5. The van der Waals surface area contributed by atoms with Crippen molar-refractivity contribution in [2.75, 3.05) is 0 Å². The lowest BCUT2D eigenvalue weighted by Gasteiger charge is -1.98. The van der Waals surface area contributed by atoms with Gasteiger partial charge in [0.25, 0.3) is 0 Å². The molecule has 0 amide bonds. The van der Waals surface area contributed by atoms with Crippen LogP contribution in [0.3, 0.4) is 0 Å². The van der Waals surface area contributed by atoms with Crippen molar-refractivity contribution in [3.63, 3.8) is 0 Å². The van der Waals surface area contributed by atoms with Gasteiger partial charge in [0.05, 0.1) is 0 Å². The summed E-state index contributed by atoms with van der Waals surface area (Å²) in [6.07, 6.45) is 0. The summed E-state index contributed by atoms with van der Waals surface area (Å²) >= 11 is 0. The van der Waals surface area contributed by atoms with Crippen LogP contribution in [0.1, 0.15) is 11.1 Å². The minimum Gasteiger partial charge on any atom is -0.204 e. The van der Waals surface area contributed by atoms with E-state index >= 15 is 0 Å². The van der Waals surface area contributed by atoms with Crippen LogP contribution in [-0.4, -0.2) is 0 Å². The van der Waals surface area contributed by atoms with Crippen molar-refractivity contribution in [2.24, 2.45) is 0 Å². The summed E-state index contributed by atoms with van der Waals surface area (Å²) < 4.78 is 25.0. The van der Waals surface area contributed by atoms with Crippen molar-refractivity contribution in [1.29, 1.82) is 0 Å². The van der Waals surface area contributed by atoms with Crippen molar-refractivity contribution in [1.82, 2.24) is 0 Å². The number of aryl methyl sites for hydroxylation is 2. The zero-order valence-corrected chi connectivity index (χ0v) is 5.91. The predicted octanol–water partition coefficient (Wildman–Crippen LogP) is 2.58. The Labute approximate surface area is 58.5 Å². The van der Waals surface area contributed by atoms with Gasteiger partial charge in [0.1, 0.15) is 0 Å². The molecule has 2 heteroatoms. The fraction of sp³-hybridized carbons (Fsp3) is 0.250. The van der Waals surface area contributed by atoms with Crippen molar-refractivity contribution >= 4 is 0 Å². The van der Waals surface area contributed by atoms with E-state index in [4.69, 9.17) is 0 Å². The smallest absolute Gasteiger partial charge is 0.161 e. The van der Waals surface area contributed by atoms with Crippen LogP contribution in [0.4, 0.5) is 8.78 Å². The molecule has 0 nitrogen and oxygen atoms in total. The van der Waals surface area contributed by atoms with E-state index in [1.165, 1.54) is 6.07 Å². The van der Waals surface area contributed by atoms with E-state index in [2.05, 4.69) is 0 Å². The second-order valence-electron chi connectivity index (χ2n) is 2.38. The zero-order chi connectivity index (χ0) is 7.72. The molecule has 0 heterocycles. The molecule has 0 bridgehead atoms. The van der Waals surface area contributed by atoms with Gasteiger partial charge in [-0.25, -0.2) is 8.78 Å². The molecule has 0 aliphatic heterocycles. The highest BCUT2D eigenvalue weighted by Gasteiger charge is 2.03. The van der Waals surface area contributed by atoms with Crippen LogP contribution in [-0.2, 0) is 0 Å². The van der Waals surface area contributed by atoms with Crippen molar-refractivity contribution < 1.29 is 8.78 Å². The summed E-state index contributed by atoms with van der Waals surface area (Å²) in [6, 6.07) is 2.79. The molecule has 0 unspecified atom stereocenters. The Morgan fingerprint density at radius 3 is 2.20 bits per heavy atom. The average Bonchev–Trinajstić information content (AvgIpc) is 1.82. The lowest BCUT2D eigenvalue weighted by Crippen LogP contribution is -1.89. The first-order chi connectivity index (χ1) is 4.61. The van der Waals surface area contributed by atoms with Crippen LogP contribution in [0.2, 0.25) is 0 Å². The van der Waals surface area contributed by atoms with Gasteiger partial charge in [0.15, 0.2) is 11.6 Å². The van der Waals surface area contributed by atoms with E-state index in [0.717, 1.165) is 5.56 Å². The fourth-order valence-electron chi connectivity index (χ4n) is 0.898. The van der Waals surface area contributed by atoms with E-state index in [1.54, 1.807) is 19.9 Å². The molecular weight excluding hydrogens is 134 g/mol. The summed E-state index contributed by atoms with van der Waals surface area (Å²) in [4.78, 5) is 0. The largest absolute Gasteiger partial charge is 0.204 e. The molecule has 0 saturated heterocycles. The minimum absolute atomic E-state index is 0.359. The highest BCUT2D eigenvalue weighted by molar-refractivity contribution is 5.23. The molecule has 1 aromatic rings. The molecular formula is C8H8F2. The first kappa shape index (κ1) is 7.19. The second kappa shape index (κ2) is 2.37. The molecule has 0 atom stereocenters. The van der Waals surface area contributed by atoms with Crippen LogP contribution in [0, 0.1) is 25.5 Å². The van der Waals surface area contributed by atoms with Gasteiger partial charge in [-0.05, 0) is 31.0 Å². The Kier molecular flexibility index (Phi) is 1.70. The van der Waals surface area contributed by atoms with Gasteiger partial charge in [-0.3, -0.25) is 0 Å². The Morgan fingerprint density at radius 1 is 1.10 bits per heavy atom. The average molecular weight is 142 g/mol. The van der Waals surface area contributed by atoms with Crippen molar-refractivity contribution in [3.8, 4) is 0 Å². The van der Waals surface area contributed by atoms with Crippen LogP contribution in [0.15, 0.2) is 12.1 Å². The number of benzene rings is 1. The first-order valence-corrected chi connectivity index (χ1v) is 3.03. The second-order valence-corrected chi connectivity index (χ2v) is 2.38. The predicted molar refractivity (Wildman–Crippen MR) is 35.8 cm³/mol. The summed E-state index contributed by atoms with van der Waals surface area (Å²) in [6.45, 7) is 3.28. The third kappa shape index (κ3) is 1.15. The number of hydrogen-bond donors (Lipinski definition) is 0. The molecule has 1 rings (SSSR count). The van der Waals surface area contributed by atoms with Crippen molar-refractivity contribution in [3.05, 3.63) is 34.9 Å². The molecule has 0 N–H and O–H groups in total. The standard InChI is InChI=1S/C8H8F2/c1-5-3-6(2)8(10)7(9)4-5/h3-4H,1-2H3. The molecule has 0 aliphatic rings. The number of hydrogen-bond acceptors (Lipinski definition) is 0. The molecule has 0 spiro atoms. The quantitative estimate of drug-likeness (QED) is 0.522. The van der Waals surface area contributed by atoms with Gasteiger partial charge in [0, 0.05) is 0 Å². The summed E-state index contributed by atoms with van der Waals surface area (Å²) in [5.74, 6) is -1.51. The topological polar surface area (TPSA) is 0 Å². The Bertz CT molecular complexity index is 230. The molecule has 54 valence electrons. The third-order valence-corrected chi connectivity index (χ3v) is 1.35. The molecule has 0 fully saturated rings. The SMILES string of the molecule is Cc1cc(C)c(F)c(F)c1. The number of rotatable bonds is 0. The van der Waals surface area contributed by atoms with Crippen molar-refractivity contribution in [2.45, 2.75) is 13.8 Å². The van der Waals surface area contributed by atoms with Gasteiger partial charge < -0.3 is 0 Å². The Hall–Kier alpha value is -0.920. The summed E-state index contributed by atoms with van der Waals surface area (Å²) in [5, 5.41) is 0. The Morgan fingerprint density at radius 2 is 1.70 bits per heavy atom. The Balaban J connectivity index is 3.31. The lowest BCUT2D eigenvalue weighted by molar-refractivity contribution is 0.502. The normalized spacial score (nSPS) is 10.0. The van der Waals surface area contributed by atoms with Gasteiger partial charge in [-0.2, -0.15) is 0 Å². The van der Waals surface area contributed by atoms with Gasteiger partial charge in [0.2, 0.25) is 0 Å². The van der Waals surface area contributed by atoms with E-state index in [-0.39, 0.29) is 0 Å². The molecule has 1 aromatic carbocycles. The highest BCUT2D eigenvalue weighted by Crippen LogP contribution is 2.12. The van der Waals surface area contributed by atoms with E-state index in [0.29, 0.717) is 5.56 Å². The zero-order valence-electron chi connectivity index (χ0n) is 5.91. The number of halogens is 2. The minimum atomic E-state index is -0.766. The van der Waals surface area contributed by atoms with E-state index in [9.17, 15) is 8.78 Å². The molecule has 0 radical (unpaired) electrons. The fourth-order valence-corrected chi connectivity index (χ4v) is 0.898. The molecule has 0 aliphatic carbocycles. The molecule has 10 heavy (non-hydrogen) atoms. The maximum absolute atomic E-state index is 12.5. The molecule has 0 aromatic heterocycles. The van der Waals surface area contributed by atoms with E-state index < -0.39 is 11.6 Å². The van der Waals surface area contributed by atoms with Gasteiger partial charge in [-0.1, -0.05) is 6.07 Å². The lowest BCUT2D eigenvalue weighted by atomic mass is 10.1. The highest BCUT2D eigenvalue weighted by atomic mass is 19.2. The van der Waals surface area contributed by atoms with E-state index in [1.807, 2.05) is 0 Å². The van der Waals surface area contributed by atoms with Crippen LogP contribution in [0.5, 0.6) is 0 Å². The van der Waals surface area contributed by atoms with Gasteiger partial charge in [-0.15, -0.1) is 0 Å². The summed E-state index contributed by atoms with van der Waals surface area (Å²) in [5.41, 5.74) is 1.11. The van der Waals surface area contributed by atoms with Crippen LogP contribution < -0.4 is 0 Å². The van der Waals surface area contributed by atoms with Crippen LogP contribution in [0.25, 0.3) is 0 Å². The molecule has 0 saturated carbocycles. The third-order valence-electron chi connectivity index (χ3n) is 1.35. The first-order valence-electron chi connectivity index (χ1n) is 3.03. The summed E-state index contributed by atoms with van der Waals surface area (Å²) in [7, 11) is 0.